The van der Waals surface area contributed by atoms with Crippen LogP contribution in [-0.2, 0) is 0 Å². The van der Waals surface area contributed by atoms with Crippen molar-refractivity contribution in [2.75, 3.05) is 13.1 Å². The maximum atomic E-state index is 12.7. The first kappa shape index (κ1) is 18.9. The first-order valence-corrected chi connectivity index (χ1v) is 10.3. The second kappa shape index (κ2) is 8.31. The van der Waals surface area contributed by atoms with E-state index >= 15 is 0 Å². The van der Waals surface area contributed by atoms with Crippen LogP contribution in [-0.4, -0.2) is 50.8 Å². The molecule has 4 rings (SSSR count). The molecular weight excluding hydrogens is 378 g/mol. The average Bonchev–Trinajstić information content (AvgIpc) is 3.40. The maximum Gasteiger partial charge on any atom is 0.276 e. The van der Waals surface area contributed by atoms with Crippen molar-refractivity contribution in [1.82, 2.24) is 25.2 Å². The van der Waals surface area contributed by atoms with Crippen LogP contribution in [0.4, 0.5) is 0 Å². The molecule has 1 aliphatic heterocycles. The number of nitrogens with one attached hydrogen (secondary N) is 1. The summed E-state index contributed by atoms with van der Waals surface area (Å²) in [4.78, 5) is 27.0. The van der Waals surface area contributed by atoms with E-state index in [1.165, 1.54) is 0 Å². The Hall–Kier alpha value is -2.41. The Morgan fingerprint density at radius 3 is 2.68 bits per heavy atom. The molecule has 2 atom stereocenters. The number of amides is 2. The number of rotatable bonds is 4. The minimum Gasteiger partial charge on any atom is -0.347 e. The van der Waals surface area contributed by atoms with Gasteiger partial charge in [0.2, 0.25) is 0 Å². The van der Waals surface area contributed by atoms with Gasteiger partial charge in [-0.25, -0.2) is 4.68 Å². The summed E-state index contributed by atoms with van der Waals surface area (Å²) >= 11 is 6.00. The van der Waals surface area contributed by atoms with Crippen molar-refractivity contribution >= 4 is 23.4 Å². The molecule has 1 aliphatic carbocycles. The average molecular weight is 402 g/mol. The zero-order valence-corrected chi connectivity index (χ0v) is 16.4. The Morgan fingerprint density at radius 1 is 1.11 bits per heavy atom. The summed E-state index contributed by atoms with van der Waals surface area (Å²) in [6.07, 6.45) is 7.68. The molecule has 2 amide bonds. The summed E-state index contributed by atoms with van der Waals surface area (Å²) in [7, 11) is 0. The Kier molecular flexibility index (Phi) is 5.62. The van der Waals surface area contributed by atoms with Gasteiger partial charge < -0.3 is 10.2 Å². The van der Waals surface area contributed by atoms with Gasteiger partial charge in [-0.15, -0.1) is 5.10 Å². The van der Waals surface area contributed by atoms with Crippen molar-refractivity contribution in [1.29, 1.82) is 0 Å². The molecule has 1 saturated heterocycles. The van der Waals surface area contributed by atoms with Crippen LogP contribution >= 0.6 is 11.6 Å². The van der Waals surface area contributed by atoms with E-state index in [1.807, 2.05) is 4.90 Å². The Labute approximate surface area is 169 Å². The molecule has 0 spiro atoms. The Bertz CT molecular complexity index is 862. The molecule has 2 aliphatic rings. The third kappa shape index (κ3) is 4.04. The minimum absolute atomic E-state index is 0.00971. The SMILES string of the molecule is O=C(NC1CCCCC1n1cc(C(=O)N2CCCC2)nn1)c1cccc(Cl)c1. The van der Waals surface area contributed by atoms with E-state index in [1.54, 1.807) is 35.1 Å². The van der Waals surface area contributed by atoms with Crippen molar-refractivity contribution in [3.05, 3.63) is 46.7 Å². The van der Waals surface area contributed by atoms with E-state index < -0.39 is 0 Å². The maximum absolute atomic E-state index is 12.7. The van der Waals surface area contributed by atoms with Crippen molar-refractivity contribution < 1.29 is 9.59 Å². The van der Waals surface area contributed by atoms with E-state index in [-0.39, 0.29) is 23.9 Å². The van der Waals surface area contributed by atoms with Crippen LogP contribution in [0.3, 0.4) is 0 Å². The molecule has 1 aromatic heterocycles. The van der Waals surface area contributed by atoms with Gasteiger partial charge >= 0.3 is 0 Å². The third-order valence-corrected chi connectivity index (χ3v) is 5.83. The molecule has 8 heteroatoms. The molecule has 1 N–H and O–H groups in total. The van der Waals surface area contributed by atoms with Gasteiger partial charge in [0.1, 0.15) is 0 Å². The highest BCUT2D eigenvalue weighted by Gasteiger charge is 2.30. The van der Waals surface area contributed by atoms with Gasteiger partial charge in [0.05, 0.1) is 18.3 Å². The van der Waals surface area contributed by atoms with Crippen molar-refractivity contribution in [2.24, 2.45) is 0 Å². The summed E-state index contributed by atoms with van der Waals surface area (Å²) in [5.41, 5.74) is 0.924. The molecule has 2 fully saturated rings. The second-order valence-corrected chi connectivity index (χ2v) is 7.96. The van der Waals surface area contributed by atoms with Gasteiger partial charge in [-0.2, -0.15) is 0 Å². The second-order valence-electron chi connectivity index (χ2n) is 7.53. The number of likely N-dealkylation sites (tertiary alicyclic amines) is 1. The number of carbonyl (C=O) groups excluding carboxylic acids is 2. The minimum atomic E-state index is -0.145. The van der Waals surface area contributed by atoms with Gasteiger partial charge in [-0.05, 0) is 43.9 Å². The highest BCUT2D eigenvalue weighted by molar-refractivity contribution is 6.30. The van der Waals surface area contributed by atoms with Gasteiger partial charge in [0.15, 0.2) is 5.69 Å². The fraction of sp³-hybridized carbons (Fsp3) is 0.500. The quantitative estimate of drug-likeness (QED) is 0.853. The molecule has 28 heavy (non-hydrogen) atoms. The van der Waals surface area contributed by atoms with Crippen molar-refractivity contribution in [3.63, 3.8) is 0 Å². The number of nitrogens with zero attached hydrogens (tertiary/aromatic N) is 4. The molecular formula is C20H24ClN5O2. The number of hydrogen-bond acceptors (Lipinski definition) is 4. The third-order valence-electron chi connectivity index (χ3n) is 5.60. The molecule has 7 nitrogen and oxygen atoms in total. The molecule has 2 heterocycles. The van der Waals surface area contributed by atoms with Crippen molar-refractivity contribution in [3.8, 4) is 0 Å². The van der Waals surface area contributed by atoms with E-state index in [0.29, 0.717) is 16.3 Å². The van der Waals surface area contributed by atoms with Crippen LogP contribution in [0.5, 0.6) is 0 Å². The monoisotopic (exact) mass is 401 g/mol. The van der Waals surface area contributed by atoms with E-state index in [4.69, 9.17) is 11.6 Å². The normalized spacial score (nSPS) is 22.2. The summed E-state index contributed by atoms with van der Waals surface area (Å²) < 4.78 is 1.76. The van der Waals surface area contributed by atoms with Crippen LogP contribution in [0.25, 0.3) is 0 Å². The number of halogens is 1. The molecule has 0 radical (unpaired) electrons. The van der Waals surface area contributed by atoms with Gasteiger partial charge in [-0.1, -0.05) is 35.7 Å². The summed E-state index contributed by atoms with van der Waals surface area (Å²) in [5.74, 6) is -0.202. The lowest BCUT2D eigenvalue weighted by Gasteiger charge is -2.32. The van der Waals surface area contributed by atoms with Crippen LogP contribution < -0.4 is 5.32 Å². The zero-order chi connectivity index (χ0) is 19.5. The number of carbonyl (C=O) groups is 2. The molecule has 2 unspecified atom stereocenters. The molecule has 1 aromatic carbocycles. The first-order valence-electron chi connectivity index (χ1n) is 9.89. The lowest BCUT2D eigenvalue weighted by atomic mass is 9.90. The number of hydrogen-bond donors (Lipinski definition) is 1. The van der Waals surface area contributed by atoms with Crippen molar-refractivity contribution in [2.45, 2.75) is 50.6 Å². The Morgan fingerprint density at radius 2 is 1.89 bits per heavy atom. The number of aromatic nitrogens is 3. The Balaban J connectivity index is 1.48. The largest absolute Gasteiger partial charge is 0.347 e. The van der Waals surface area contributed by atoms with E-state index in [9.17, 15) is 9.59 Å². The zero-order valence-electron chi connectivity index (χ0n) is 15.7. The predicted molar refractivity (Wildman–Crippen MR) is 105 cm³/mol. The van der Waals surface area contributed by atoms with Crippen LogP contribution in [0, 0.1) is 0 Å². The van der Waals surface area contributed by atoms with Gasteiger partial charge in [-0.3, -0.25) is 9.59 Å². The van der Waals surface area contributed by atoms with Crippen LogP contribution in [0.1, 0.15) is 65.4 Å². The fourth-order valence-electron chi connectivity index (χ4n) is 4.10. The molecule has 1 saturated carbocycles. The predicted octanol–water partition coefficient (Wildman–Crippen LogP) is 3.08. The lowest BCUT2D eigenvalue weighted by molar-refractivity contribution is 0.0786. The van der Waals surface area contributed by atoms with Crippen LogP contribution in [0.15, 0.2) is 30.5 Å². The van der Waals surface area contributed by atoms with E-state index in [2.05, 4.69) is 15.6 Å². The first-order chi connectivity index (χ1) is 13.6. The summed E-state index contributed by atoms with van der Waals surface area (Å²) in [6.45, 7) is 1.57. The highest BCUT2D eigenvalue weighted by Crippen LogP contribution is 2.29. The lowest BCUT2D eigenvalue weighted by Crippen LogP contribution is -2.43. The smallest absolute Gasteiger partial charge is 0.276 e. The number of benzene rings is 1. The van der Waals surface area contributed by atoms with Gasteiger partial charge in [0.25, 0.3) is 11.8 Å². The summed E-state index contributed by atoms with van der Waals surface area (Å²) in [5, 5.41) is 12.0. The topological polar surface area (TPSA) is 80.1 Å². The molecule has 2 aromatic rings. The molecule has 148 valence electrons. The fourth-order valence-corrected chi connectivity index (χ4v) is 4.29. The van der Waals surface area contributed by atoms with E-state index in [0.717, 1.165) is 51.6 Å². The summed E-state index contributed by atoms with van der Waals surface area (Å²) in [6, 6.07) is 6.86. The van der Waals surface area contributed by atoms with Crippen LogP contribution in [0.2, 0.25) is 5.02 Å². The molecule has 0 bridgehead atoms. The standard InChI is InChI=1S/C20H24ClN5O2/c21-15-7-5-6-14(12-15)19(27)22-16-8-1-2-9-18(16)26-13-17(23-24-26)20(28)25-10-3-4-11-25/h5-7,12-13,16,18H,1-4,8-11H2,(H,22,27). The van der Waals surface area contributed by atoms with Gasteiger partial charge in [0, 0.05) is 23.7 Å². The highest BCUT2D eigenvalue weighted by atomic mass is 35.5.